The zero-order chi connectivity index (χ0) is 12.2. The fourth-order valence-electron chi connectivity index (χ4n) is 2.16. The molecule has 0 aliphatic carbocycles. The van der Waals surface area contributed by atoms with Gasteiger partial charge >= 0.3 is 5.97 Å². The number of ether oxygens (including phenoxy) is 1. The summed E-state index contributed by atoms with van der Waals surface area (Å²) in [7, 11) is 0. The molecule has 1 heterocycles. The molecule has 0 aromatic carbocycles. The molecule has 0 atom stereocenters. The first-order valence-electron chi connectivity index (χ1n) is 6.10. The summed E-state index contributed by atoms with van der Waals surface area (Å²) in [5, 5.41) is 0. The Balaban J connectivity index is 2.31. The summed E-state index contributed by atoms with van der Waals surface area (Å²) in [5.41, 5.74) is 5.82. The second-order valence-corrected chi connectivity index (χ2v) is 5.29. The highest BCUT2D eigenvalue weighted by molar-refractivity contribution is 5.72. The van der Waals surface area contributed by atoms with Crippen molar-refractivity contribution < 1.29 is 9.53 Å². The van der Waals surface area contributed by atoms with E-state index in [-0.39, 0.29) is 17.4 Å². The van der Waals surface area contributed by atoms with E-state index in [1.54, 1.807) is 0 Å². The molecule has 4 heteroatoms. The van der Waals surface area contributed by atoms with Gasteiger partial charge in [0.05, 0.1) is 12.5 Å². The lowest BCUT2D eigenvalue weighted by Crippen LogP contribution is -2.48. The monoisotopic (exact) mass is 228 g/mol. The Hall–Kier alpha value is -0.610. The van der Waals surface area contributed by atoms with Crippen molar-refractivity contribution in [3.8, 4) is 0 Å². The number of hydrogen-bond donors (Lipinski definition) is 1. The summed E-state index contributed by atoms with van der Waals surface area (Å²) < 4.78 is 5.04. The van der Waals surface area contributed by atoms with Crippen LogP contribution in [-0.2, 0) is 9.53 Å². The molecule has 0 bridgehead atoms. The van der Waals surface area contributed by atoms with Crippen molar-refractivity contribution in [2.45, 2.75) is 39.2 Å². The first-order chi connectivity index (χ1) is 7.42. The van der Waals surface area contributed by atoms with Crippen LogP contribution in [0.5, 0.6) is 0 Å². The molecule has 1 rings (SSSR count). The molecule has 0 saturated carbocycles. The summed E-state index contributed by atoms with van der Waals surface area (Å²) in [5.74, 6) is 0.0613. The molecule has 0 spiro atoms. The van der Waals surface area contributed by atoms with Crippen molar-refractivity contribution >= 4 is 5.97 Å². The standard InChI is InChI=1S/C12H24N2O2/c1-4-16-11(15)10-5-7-14(8-6-10)9-12(2,3)13/h10H,4-9,13H2,1-3H3. The van der Waals surface area contributed by atoms with Crippen LogP contribution in [0.15, 0.2) is 0 Å². The summed E-state index contributed by atoms with van der Waals surface area (Å²) in [4.78, 5) is 13.9. The fourth-order valence-corrected chi connectivity index (χ4v) is 2.16. The third kappa shape index (κ3) is 4.49. The summed E-state index contributed by atoms with van der Waals surface area (Å²) in [6.07, 6.45) is 1.80. The van der Waals surface area contributed by atoms with Crippen LogP contribution in [0, 0.1) is 5.92 Å². The summed E-state index contributed by atoms with van der Waals surface area (Å²) >= 11 is 0. The highest BCUT2D eigenvalue weighted by atomic mass is 16.5. The maximum Gasteiger partial charge on any atom is 0.309 e. The summed E-state index contributed by atoms with van der Waals surface area (Å²) in [6.45, 7) is 9.19. The largest absolute Gasteiger partial charge is 0.466 e. The molecule has 16 heavy (non-hydrogen) atoms. The number of nitrogens with two attached hydrogens (primary N) is 1. The van der Waals surface area contributed by atoms with E-state index in [1.807, 2.05) is 20.8 Å². The lowest BCUT2D eigenvalue weighted by atomic mass is 9.95. The second-order valence-electron chi connectivity index (χ2n) is 5.29. The van der Waals surface area contributed by atoms with E-state index < -0.39 is 0 Å². The highest BCUT2D eigenvalue weighted by Gasteiger charge is 2.27. The minimum absolute atomic E-state index is 0.0332. The van der Waals surface area contributed by atoms with E-state index in [0.29, 0.717) is 6.61 Å². The lowest BCUT2D eigenvalue weighted by molar-refractivity contribution is -0.149. The Morgan fingerprint density at radius 3 is 2.44 bits per heavy atom. The van der Waals surface area contributed by atoms with E-state index in [0.717, 1.165) is 32.5 Å². The Bertz CT molecular complexity index is 228. The Morgan fingerprint density at radius 1 is 1.44 bits per heavy atom. The van der Waals surface area contributed by atoms with Crippen LogP contribution in [0.1, 0.15) is 33.6 Å². The van der Waals surface area contributed by atoms with Crippen molar-refractivity contribution in [3.05, 3.63) is 0 Å². The van der Waals surface area contributed by atoms with Gasteiger partial charge in [0, 0.05) is 12.1 Å². The van der Waals surface area contributed by atoms with E-state index in [4.69, 9.17) is 10.5 Å². The van der Waals surface area contributed by atoms with Crippen molar-refractivity contribution in [2.75, 3.05) is 26.2 Å². The zero-order valence-electron chi connectivity index (χ0n) is 10.7. The fraction of sp³-hybridized carbons (Fsp3) is 0.917. The molecule has 4 nitrogen and oxygen atoms in total. The molecule has 2 N–H and O–H groups in total. The minimum atomic E-state index is -0.156. The van der Waals surface area contributed by atoms with Crippen LogP contribution in [0.25, 0.3) is 0 Å². The predicted octanol–water partition coefficient (Wildman–Crippen LogP) is 0.999. The third-order valence-corrected chi connectivity index (χ3v) is 2.84. The molecule has 1 fully saturated rings. The topological polar surface area (TPSA) is 55.6 Å². The quantitative estimate of drug-likeness (QED) is 0.729. The first-order valence-corrected chi connectivity index (χ1v) is 6.10. The average molecular weight is 228 g/mol. The van der Waals surface area contributed by atoms with E-state index in [1.165, 1.54) is 0 Å². The van der Waals surface area contributed by atoms with Gasteiger partial charge < -0.3 is 15.4 Å². The van der Waals surface area contributed by atoms with Gasteiger partial charge in [0.2, 0.25) is 0 Å². The number of carbonyl (C=O) groups is 1. The molecular formula is C12H24N2O2. The smallest absolute Gasteiger partial charge is 0.309 e. The van der Waals surface area contributed by atoms with Gasteiger partial charge in [-0.3, -0.25) is 4.79 Å². The molecule has 0 aromatic rings. The number of hydrogen-bond acceptors (Lipinski definition) is 4. The SMILES string of the molecule is CCOC(=O)C1CCN(CC(C)(C)N)CC1. The van der Waals surface area contributed by atoms with Gasteiger partial charge in [-0.05, 0) is 46.7 Å². The number of esters is 1. The number of rotatable bonds is 4. The predicted molar refractivity (Wildman–Crippen MR) is 64.1 cm³/mol. The van der Waals surface area contributed by atoms with E-state index in [2.05, 4.69) is 4.90 Å². The normalized spacial score (nSPS) is 19.8. The molecular weight excluding hydrogens is 204 g/mol. The molecule has 94 valence electrons. The molecule has 0 unspecified atom stereocenters. The van der Waals surface area contributed by atoms with Crippen molar-refractivity contribution in [1.82, 2.24) is 4.90 Å². The number of carbonyl (C=O) groups excluding carboxylic acids is 1. The van der Waals surface area contributed by atoms with Crippen LogP contribution in [0.2, 0.25) is 0 Å². The molecule has 0 amide bonds. The average Bonchev–Trinajstić information content (AvgIpc) is 2.16. The van der Waals surface area contributed by atoms with E-state index >= 15 is 0 Å². The minimum Gasteiger partial charge on any atom is -0.466 e. The van der Waals surface area contributed by atoms with Gasteiger partial charge in [0.15, 0.2) is 0 Å². The second kappa shape index (κ2) is 5.64. The van der Waals surface area contributed by atoms with Gasteiger partial charge in [-0.15, -0.1) is 0 Å². The Morgan fingerprint density at radius 2 is 2.00 bits per heavy atom. The maximum atomic E-state index is 11.5. The van der Waals surface area contributed by atoms with Crippen LogP contribution in [0.4, 0.5) is 0 Å². The lowest BCUT2D eigenvalue weighted by Gasteiger charge is -2.34. The van der Waals surface area contributed by atoms with Crippen LogP contribution in [-0.4, -0.2) is 42.6 Å². The van der Waals surface area contributed by atoms with Gasteiger partial charge in [-0.25, -0.2) is 0 Å². The molecule has 0 aromatic heterocycles. The van der Waals surface area contributed by atoms with Crippen molar-refractivity contribution in [3.63, 3.8) is 0 Å². The van der Waals surface area contributed by atoms with Gasteiger partial charge in [-0.1, -0.05) is 0 Å². The maximum absolute atomic E-state index is 11.5. The van der Waals surface area contributed by atoms with Gasteiger partial charge in [-0.2, -0.15) is 0 Å². The van der Waals surface area contributed by atoms with Crippen LogP contribution < -0.4 is 5.73 Å². The van der Waals surface area contributed by atoms with Crippen LogP contribution in [0.3, 0.4) is 0 Å². The molecule has 1 saturated heterocycles. The molecule has 0 radical (unpaired) electrons. The van der Waals surface area contributed by atoms with Crippen molar-refractivity contribution in [1.29, 1.82) is 0 Å². The highest BCUT2D eigenvalue weighted by Crippen LogP contribution is 2.19. The Labute approximate surface area is 98.1 Å². The number of likely N-dealkylation sites (tertiary alicyclic amines) is 1. The zero-order valence-corrected chi connectivity index (χ0v) is 10.7. The first kappa shape index (κ1) is 13.5. The number of piperidine rings is 1. The summed E-state index contributed by atoms with van der Waals surface area (Å²) in [6, 6.07) is 0. The van der Waals surface area contributed by atoms with Crippen LogP contribution >= 0.6 is 0 Å². The third-order valence-electron chi connectivity index (χ3n) is 2.84. The molecule has 1 aliphatic heterocycles. The van der Waals surface area contributed by atoms with Gasteiger partial charge in [0.25, 0.3) is 0 Å². The number of nitrogens with zero attached hydrogens (tertiary/aromatic N) is 1. The van der Waals surface area contributed by atoms with E-state index in [9.17, 15) is 4.79 Å². The Kier molecular flexibility index (Phi) is 4.74. The van der Waals surface area contributed by atoms with Gasteiger partial charge in [0.1, 0.15) is 0 Å². The molecule has 1 aliphatic rings. The van der Waals surface area contributed by atoms with Crippen molar-refractivity contribution in [2.24, 2.45) is 11.7 Å².